The Morgan fingerprint density at radius 1 is 1.00 bits per heavy atom. The van der Waals surface area contributed by atoms with Crippen molar-refractivity contribution in [2.45, 2.75) is 100 Å². The standard InChI is InChI=1S/C24H34O3.C5H10O/c1-6-8-19(20(7-2)22(26)11-17(5)25)12-18-13-21-15(3)9-10-16(4)24(21)23(27)14-18;1-4(2)5(3)6/h9-10,18-20H,6-8,11-14H2,1-5H3;4H,1-3H3. The van der Waals surface area contributed by atoms with Crippen molar-refractivity contribution in [3.8, 4) is 0 Å². The molecule has 4 heteroatoms. The van der Waals surface area contributed by atoms with Crippen LogP contribution in [0.1, 0.15) is 107 Å². The molecular weight excluding hydrogens is 412 g/mol. The summed E-state index contributed by atoms with van der Waals surface area (Å²) in [5.41, 5.74) is 4.40. The van der Waals surface area contributed by atoms with E-state index in [9.17, 15) is 19.2 Å². The SMILES string of the molecule is CC(=O)C(C)C.CCCC(CC1CC(=O)c2c(C)ccc(C)c2C1)C(CC)C(=O)CC(C)=O. The van der Waals surface area contributed by atoms with Crippen LogP contribution in [0.3, 0.4) is 0 Å². The fourth-order valence-electron chi connectivity index (χ4n) is 4.89. The molecule has 3 atom stereocenters. The Kier molecular flexibility index (Phi) is 11.9. The molecule has 0 heterocycles. The second-order valence-electron chi connectivity index (χ2n) is 10.2. The van der Waals surface area contributed by atoms with Gasteiger partial charge in [-0.1, -0.05) is 52.7 Å². The third-order valence-corrected chi connectivity index (χ3v) is 6.96. The lowest BCUT2D eigenvalue weighted by atomic mass is 9.71. The lowest BCUT2D eigenvalue weighted by Crippen LogP contribution is -2.30. The van der Waals surface area contributed by atoms with Gasteiger partial charge in [0.1, 0.15) is 17.3 Å². The first-order valence-corrected chi connectivity index (χ1v) is 12.6. The number of carbonyl (C=O) groups excluding carboxylic acids is 4. The van der Waals surface area contributed by atoms with Gasteiger partial charge in [0.15, 0.2) is 5.78 Å². The van der Waals surface area contributed by atoms with Gasteiger partial charge >= 0.3 is 0 Å². The van der Waals surface area contributed by atoms with Crippen molar-refractivity contribution < 1.29 is 19.2 Å². The van der Waals surface area contributed by atoms with E-state index in [1.807, 2.05) is 33.8 Å². The van der Waals surface area contributed by atoms with Crippen LogP contribution < -0.4 is 0 Å². The van der Waals surface area contributed by atoms with Crippen molar-refractivity contribution in [1.29, 1.82) is 0 Å². The third-order valence-electron chi connectivity index (χ3n) is 6.96. The number of hydrogen-bond donors (Lipinski definition) is 0. The molecule has 0 N–H and O–H groups in total. The van der Waals surface area contributed by atoms with Crippen molar-refractivity contribution in [1.82, 2.24) is 0 Å². The smallest absolute Gasteiger partial charge is 0.163 e. The molecule has 3 unspecified atom stereocenters. The normalized spacial score (nSPS) is 17.0. The van der Waals surface area contributed by atoms with Crippen LogP contribution in [-0.2, 0) is 20.8 Å². The molecule has 0 spiro atoms. The summed E-state index contributed by atoms with van der Waals surface area (Å²) in [7, 11) is 0. The molecule has 0 amide bonds. The van der Waals surface area contributed by atoms with Gasteiger partial charge in [-0.25, -0.2) is 0 Å². The highest BCUT2D eigenvalue weighted by Crippen LogP contribution is 2.37. The Bertz CT molecular complexity index is 849. The Morgan fingerprint density at radius 3 is 2.06 bits per heavy atom. The van der Waals surface area contributed by atoms with Gasteiger partial charge < -0.3 is 0 Å². The average Bonchev–Trinajstić information content (AvgIpc) is 2.71. The molecule has 1 aliphatic carbocycles. The third kappa shape index (κ3) is 8.64. The average molecular weight is 457 g/mol. The maximum Gasteiger partial charge on any atom is 0.163 e. The van der Waals surface area contributed by atoms with Gasteiger partial charge in [0, 0.05) is 23.8 Å². The van der Waals surface area contributed by atoms with Crippen molar-refractivity contribution in [2.24, 2.45) is 23.7 Å². The minimum Gasteiger partial charge on any atom is -0.300 e. The number of carbonyl (C=O) groups is 4. The largest absolute Gasteiger partial charge is 0.300 e. The Hall–Kier alpha value is -2.10. The van der Waals surface area contributed by atoms with Crippen LogP contribution in [0.25, 0.3) is 0 Å². The fourth-order valence-corrected chi connectivity index (χ4v) is 4.89. The Labute approximate surface area is 200 Å². The molecule has 2 rings (SSSR count). The molecule has 0 bridgehead atoms. The summed E-state index contributed by atoms with van der Waals surface area (Å²) in [5, 5.41) is 0. The van der Waals surface area contributed by atoms with Gasteiger partial charge in [0.05, 0.1) is 6.42 Å². The summed E-state index contributed by atoms with van der Waals surface area (Å²) in [6, 6.07) is 4.15. The van der Waals surface area contributed by atoms with Gasteiger partial charge in [0.25, 0.3) is 0 Å². The molecule has 0 radical (unpaired) electrons. The number of rotatable bonds is 10. The van der Waals surface area contributed by atoms with Crippen LogP contribution in [0, 0.1) is 37.5 Å². The number of fused-ring (bicyclic) bond motifs is 1. The number of hydrogen-bond acceptors (Lipinski definition) is 4. The quantitative estimate of drug-likeness (QED) is 0.369. The second-order valence-corrected chi connectivity index (χ2v) is 10.2. The zero-order chi connectivity index (χ0) is 25.3. The second kappa shape index (κ2) is 13.6. The highest BCUT2D eigenvalue weighted by molar-refractivity contribution is 6.00. The van der Waals surface area contributed by atoms with Crippen molar-refractivity contribution >= 4 is 23.1 Å². The summed E-state index contributed by atoms with van der Waals surface area (Å²) in [5.74, 6) is 1.24. The van der Waals surface area contributed by atoms with E-state index in [1.54, 1.807) is 6.92 Å². The lowest BCUT2D eigenvalue weighted by Gasteiger charge is -2.32. The molecule has 0 aromatic heterocycles. The highest BCUT2D eigenvalue weighted by Gasteiger charge is 2.33. The van der Waals surface area contributed by atoms with Crippen LogP contribution in [0.4, 0.5) is 0 Å². The predicted octanol–water partition coefficient (Wildman–Crippen LogP) is 6.66. The first-order chi connectivity index (χ1) is 15.4. The van der Waals surface area contributed by atoms with E-state index < -0.39 is 0 Å². The van der Waals surface area contributed by atoms with E-state index in [4.69, 9.17) is 0 Å². The van der Waals surface area contributed by atoms with Gasteiger partial charge in [0.2, 0.25) is 0 Å². The molecule has 33 heavy (non-hydrogen) atoms. The first-order valence-electron chi connectivity index (χ1n) is 12.6. The summed E-state index contributed by atoms with van der Waals surface area (Å²) < 4.78 is 0. The topological polar surface area (TPSA) is 68.3 Å². The maximum absolute atomic E-state index is 12.8. The van der Waals surface area contributed by atoms with E-state index >= 15 is 0 Å². The van der Waals surface area contributed by atoms with Crippen LogP contribution in [0.2, 0.25) is 0 Å². The molecule has 0 saturated carbocycles. The summed E-state index contributed by atoms with van der Waals surface area (Å²) in [6.07, 6.45) is 5.21. The van der Waals surface area contributed by atoms with Crippen molar-refractivity contribution in [2.75, 3.05) is 0 Å². The monoisotopic (exact) mass is 456 g/mol. The Morgan fingerprint density at radius 2 is 1.58 bits per heavy atom. The Balaban J connectivity index is 0.000000801. The van der Waals surface area contributed by atoms with Crippen LogP contribution >= 0.6 is 0 Å². The van der Waals surface area contributed by atoms with Crippen molar-refractivity contribution in [3.63, 3.8) is 0 Å². The minimum absolute atomic E-state index is 0.0451. The van der Waals surface area contributed by atoms with Crippen LogP contribution in [0.15, 0.2) is 12.1 Å². The number of benzene rings is 1. The molecular formula is C29H44O4. The minimum atomic E-state index is -0.0658. The van der Waals surface area contributed by atoms with Gasteiger partial charge in [-0.15, -0.1) is 0 Å². The zero-order valence-electron chi connectivity index (χ0n) is 22.0. The number of aryl methyl sites for hydroxylation is 2. The molecule has 1 aromatic carbocycles. The number of ketones is 4. The van der Waals surface area contributed by atoms with E-state index in [2.05, 4.69) is 19.9 Å². The molecule has 0 saturated heterocycles. The fraction of sp³-hybridized carbons (Fsp3) is 0.655. The van der Waals surface area contributed by atoms with E-state index in [1.165, 1.54) is 18.1 Å². The van der Waals surface area contributed by atoms with E-state index in [0.717, 1.165) is 43.2 Å². The van der Waals surface area contributed by atoms with E-state index in [0.29, 0.717) is 12.3 Å². The van der Waals surface area contributed by atoms with Gasteiger partial charge in [-0.05, 0) is 75.5 Å². The molecule has 0 fully saturated rings. The molecule has 184 valence electrons. The summed E-state index contributed by atoms with van der Waals surface area (Å²) in [6.45, 7) is 15.2. The van der Waals surface area contributed by atoms with Gasteiger partial charge in [-0.3, -0.25) is 19.2 Å². The predicted molar refractivity (Wildman–Crippen MR) is 135 cm³/mol. The van der Waals surface area contributed by atoms with Crippen molar-refractivity contribution in [3.05, 3.63) is 34.4 Å². The summed E-state index contributed by atoms with van der Waals surface area (Å²) in [4.78, 5) is 47.0. The molecule has 1 aliphatic rings. The van der Waals surface area contributed by atoms with Gasteiger partial charge in [-0.2, -0.15) is 0 Å². The maximum atomic E-state index is 12.8. The van der Waals surface area contributed by atoms with Crippen LogP contribution in [0.5, 0.6) is 0 Å². The molecule has 1 aromatic rings. The van der Waals surface area contributed by atoms with Crippen LogP contribution in [-0.4, -0.2) is 23.1 Å². The zero-order valence-corrected chi connectivity index (χ0v) is 22.0. The number of Topliss-reactive ketones (excluding diaryl/α,β-unsaturated/α-hetero) is 4. The first kappa shape index (κ1) is 28.9. The molecule has 0 aliphatic heterocycles. The lowest BCUT2D eigenvalue weighted by molar-refractivity contribution is -0.130. The molecule has 4 nitrogen and oxygen atoms in total. The van der Waals surface area contributed by atoms with E-state index in [-0.39, 0.29) is 47.3 Å². The summed E-state index contributed by atoms with van der Waals surface area (Å²) >= 11 is 0. The highest BCUT2D eigenvalue weighted by atomic mass is 16.1.